The zero-order chi connectivity index (χ0) is 29.0. The van der Waals surface area contributed by atoms with Crippen LogP contribution in [0.15, 0.2) is 60.1 Å². The van der Waals surface area contributed by atoms with Gasteiger partial charge in [-0.05, 0) is 70.9 Å². The maximum Gasteiger partial charge on any atom is 0.271 e. The molecule has 41 heavy (non-hydrogen) atoms. The minimum Gasteiger partial charge on any atom is -0.491 e. The first kappa shape index (κ1) is 28.5. The van der Waals surface area contributed by atoms with Crippen LogP contribution in [0.3, 0.4) is 0 Å². The average molecular weight is 575 g/mol. The number of likely N-dealkylation sites (N-methyl/N-ethyl adjacent to an activating group) is 1. The van der Waals surface area contributed by atoms with E-state index in [1.165, 1.54) is 0 Å². The van der Waals surface area contributed by atoms with E-state index >= 15 is 0 Å². The van der Waals surface area contributed by atoms with Crippen LogP contribution >= 0.6 is 11.6 Å². The second-order valence-electron chi connectivity index (χ2n) is 10.8. The molecule has 4 aromatic heterocycles. The normalized spacial score (nSPS) is 14.8. The first-order valence-corrected chi connectivity index (χ1v) is 14.0. The number of carbonyl (C=O) groups excluding carboxylic acids is 1. The molecule has 0 atom stereocenters. The van der Waals surface area contributed by atoms with Crippen molar-refractivity contribution >= 4 is 35.6 Å². The van der Waals surface area contributed by atoms with E-state index in [4.69, 9.17) is 21.3 Å². The van der Waals surface area contributed by atoms with Gasteiger partial charge >= 0.3 is 0 Å². The van der Waals surface area contributed by atoms with E-state index in [2.05, 4.69) is 49.9 Å². The number of fused-ring (bicyclic) bond motifs is 1. The fourth-order valence-corrected chi connectivity index (χ4v) is 5.22. The van der Waals surface area contributed by atoms with Crippen molar-refractivity contribution in [2.75, 3.05) is 45.2 Å². The van der Waals surface area contributed by atoms with Crippen molar-refractivity contribution in [3.63, 3.8) is 0 Å². The number of carbonyl (C=O) groups is 1. The third-order valence-electron chi connectivity index (χ3n) is 7.39. The maximum absolute atomic E-state index is 12.8. The van der Waals surface area contributed by atoms with Gasteiger partial charge in [0.15, 0.2) is 0 Å². The molecule has 1 N–H and O–H groups in total. The van der Waals surface area contributed by atoms with Crippen molar-refractivity contribution in [3.05, 3.63) is 71.4 Å². The van der Waals surface area contributed by atoms with Gasteiger partial charge in [-0.3, -0.25) is 9.79 Å². The lowest BCUT2D eigenvalue weighted by Crippen LogP contribution is -2.53. The highest BCUT2D eigenvalue weighted by molar-refractivity contribution is 6.33. The van der Waals surface area contributed by atoms with Gasteiger partial charge in [0.25, 0.3) is 5.91 Å². The lowest BCUT2D eigenvalue weighted by atomic mass is 9.89. The molecule has 0 aliphatic carbocycles. The molecule has 10 nitrogen and oxygen atoms in total. The monoisotopic (exact) mass is 574 g/mol. The van der Waals surface area contributed by atoms with Crippen molar-refractivity contribution in [2.24, 2.45) is 4.99 Å². The Labute approximate surface area is 245 Å². The lowest BCUT2D eigenvalue weighted by Gasteiger charge is -2.40. The smallest absolute Gasteiger partial charge is 0.271 e. The van der Waals surface area contributed by atoms with Crippen molar-refractivity contribution in [3.8, 4) is 16.9 Å². The van der Waals surface area contributed by atoms with Crippen molar-refractivity contribution in [1.29, 1.82) is 0 Å². The summed E-state index contributed by atoms with van der Waals surface area (Å²) in [6.45, 7) is 9.10. The van der Waals surface area contributed by atoms with Crippen LogP contribution in [-0.2, 0) is 6.54 Å². The number of ether oxygens (including phenoxy) is 1. The van der Waals surface area contributed by atoms with Gasteiger partial charge in [0.05, 0.1) is 29.5 Å². The number of aliphatic imine (C=N–C) groups is 1. The van der Waals surface area contributed by atoms with Gasteiger partial charge in [0.1, 0.15) is 23.9 Å². The van der Waals surface area contributed by atoms with E-state index in [0.29, 0.717) is 18.2 Å². The van der Waals surface area contributed by atoms with Gasteiger partial charge in [-0.25, -0.2) is 14.5 Å². The van der Waals surface area contributed by atoms with Gasteiger partial charge in [-0.15, -0.1) is 0 Å². The summed E-state index contributed by atoms with van der Waals surface area (Å²) < 4.78 is 7.89. The quantitative estimate of drug-likeness (QED) is 0.281. The largest absolute Gasteiger partial charge is 0.491 e. The van der Waals surface area contributed by atoms with E-state index in [1.54, 1.807) is 18.3 Å². The highest BCUT2D eigenvalue weighted by Gasteiger charge is 2.33. The lowest BCUT2D eigenvalue weighted by molar-refractivity contribution is 0.0886. The summed E-state index contributed by atoms with van der Waals surface area (Å²) in [7, 11) is 4.04. The van der Waals surface area contributed by atoms with Crippen LogP contribution in [-0.4, -0.2) is 83.0 Å². The van der Waals surface area contributed by atoms with Crippen molar-refractivity contribution < 1.29 is 9.53 Å². The van der Waals surface area contributed by atoms with Crippen LogP contribution in [0.1, 0.15) is 35.8 Å². The first-order chi connectivity index (χ1) is 19.8. The molecule has 0 aromatic carbocycles. The molecular formula is C30H35ClN8O2. The zero-order valence-corrected chi connectivity index (χ0v) is 24.4. The number of rotatable bonds is 10. The Morgan fingerprint density at radius 3 is 2.71 bits per heavy atom. The first-order valence-electron chi connectivity index (χ1n) is 13.6. The van der Waals surface area contributed by atoms with Crippen LogP contribution in [0.4, 0.5) is 5.82 Å². The van der Waals surface area contributed by atoms with Crippen LogP contribution in [0.5, 0.6) is 5.75 Å². The number of hydrogen-bond acceptors (Lipinski definition) is 8. The SMILES string of the molecule is C=NCc1cnn2cc(OCCN(C)C)cc(-c3ccc(N4CCC(C)(NC(=O)c5ncccc5Cl)CC4)nc3)c12. The molecular weight excluding hydrogens is 540 g/mol. The fourth-order valence-electron chi connectivity index (χ4n) is 5.01. The maximum atomic E-state index is 12.8. The highest BCUT2D eigenvalue weighted by Crippen LogP contribution is 2.33. The van der Waals surface area contributed by atoms with Gasteiger partial charge < -0.3 is 19.9 Å². The molecule has 5 rings (SSSR count). The summed E-state index contributed by atoms with van der Waals surface area (Å²) in [6.07, 6.45) is 8.73. The van der Waals surface area contributed by atoms with E-state index in [1.807, 2.05) is 49.3 Å². The number of nitrogens with zero attached hydrogens (tertiary/aromatic N) is 7. The van der Waals surface area contributed by atoms with E-state index < -0.39 is 0 Å². The number of halogens is 1. The summed E-state index contributed by atoms with van der Waals surface area (Å²) in [5.41, 5.74) is 3.79. The molecule has 1 saturated heterocycles. The fraction of sp³-hybridized carbons (Fsp3) is 0.367. The predicted octanol–water partition coefficient (Wildman–Crippen LogP) is 4.37. The Hall–Kier alpha value is -4.02. The van der Waals surface area contributed by atoms with Crippen LogP contribution in [0.25, 0.3) is 16.6 Å². The van der Waals surface area contributed by atoms with Gasteiger partial charge in [-0.2, -0.15) is 5.10 Å². The van der Waals surface area contributed by atoms with Gasteiger partial charge in [-0.1, -0.05) is 11.6 Å². The zero-order valence-electron chi connectivity index (χ0n) is 23.7. The molecule has 214 valence electrons. The molecule has 0 bridgehead atoms. The number of piperidine rings is 1. The second kappa shape index (κ2) is 12.2. The van der Waals surface area contributed by atoms with Crippen LogP contribution in [0.2, 0.25) is 5.02 Å². The number of anilines is 1. The third-order valence-corrected chi connectivity index (χ3v) is 7.70. The summed E-state index contributed by atoms with van der Waals surface area (Å²) in [5.74, 6) is 1.38. The molecule has 11 heteroatoms. The Morgan fingerprint density at radius 2 is 2.02 bits per heavy atom. The molecule has 0 unspecified atom stereocenters. The highest BCUT2D eigenvalue weighted by atomic mass is 35.5. The van der Waals surface area contributed by atoms with Crippen LogP contribution < -0.4 is 15.0 Å². The van der Waals surface area contributed by atoms with Gasteiger partial charge in [0.2, 0.25) is 0 Å². The summed E-state index contributed by atoms with van der Waals surface area (Å²) in [5, 5.41) is 8.04. The van der Waals surface area contributed by atoms with E-state index in [9.17, 15) is 4.79 Å². The number of pyridine rings is 3. The Kier molecular flexibility index (Phi) is 8.51. The van der Waals surface area contributed by atoms with Crippen molar-refractivity contribution in [1.82, 2.24) is 29.8 Å². The van der Waals surface area contributed by atoms with Gasteiger partial charge in [0, 0.05) is 54.3 Å². The minimum atomic E-state index is -0.357. The molecule has 0 saturated carbocycles. The molecule has 1 aliphatic heterocycles. The molecule has 1 fully saturated rings. The van der Waals surface area contributed by atoms with Crippen LogP contribution in [0, 0.1) is 0 Å². The molecule has 0 radical (unpaired) electrons. The van der Waals surface area contributed by atoms with Crippen molar-refractivity contribution in [2.45, 2.75) is 31.8 Å². The minimum absolute atomic E-state index is 0.251. The molecule has 5 heterocycles. The molecule has 1 amide bonds. The molecule has 1 aliphatic rings. The topological polar surface area (TPSA) is 100 Å². The number of amides is 1. The Morgan fingerprint density at radius 1 is 1.22 bits per heavy atom. The summed E-state index contributed by atoms with van der Waals surface area (Å²) in [4.78, 5) is 30.2. The Balaban J connectivity index is 1.31. The predicted molar refractivity (Wildman–Crippen MR) is 162 cm³/mol. The molecule has 4 aromatic rings. The number of nitrogens with one attached hydrogen (secondary N) is 1. The summed E-state index contributed by atoms with van der Waals surface area (Å²) >= 11 is 6.17. The third kappa shape index (κ3) is 6.49. The average Bonchev–Trinajstić information content (AvgIpc) is 3.36. The Bertz CT molecular complexity index is 1530. The standard InChI is InChI=1S/C30H35ClN8O2/c1-30(36-29(40)27-25(31)6-5-11-33-27)9-12-38(13-10-30)26-8-7-21(18-34-26)24-16-23(41-15-14-37(3)4)20-39-28(24)22(17-32-2)19-35-39/h5-8,11,16,18-20H,2,9-10,12-15,17H2,1,3-4H3,(H,36,40). The van der Waals surface area contributed by atoms with E-state index in [0.717, 1.165) is 66.3 Å². The molecule has 0 spiro atoms. The summed E-state index contributed by atoms with van der Waals surface area (Å²) in [6, 6.07) is 9.55. The number of hydrogen-bond donors (Lipinski definition) is 1. The van der Waals surface area contributed by atoms with E-state index in [-0.39, 0.29) is 17.1 Å². The number of aromatic nitrogens is 4. The second-order valence-corrected chi connectivity index (χ2v) is 11.2.